The topological polar surface area (TPSA) is 47.8 Å². The van der Waals surface area contributed by atoms with E-state index in [4.69, 9.17) is 4.98 Å². The highest BCUT2D eigenvalue weighted by Gasteiger charge is 2.18. The first-order chi connectivity index (χ1) is 12.2. The summed E-state index contributed by atoms with van der Waals surface area (Å²) in [5, 5.41) is 0.667. The summed E-state index contributed by atoms with van der Waals surface area (Å²) in [6.45, 7) is 2.11. The summed E-state index contributed by atoms with van der Waals surface area (Å²) >= 11 is 0. The van der Waals surface area contributed by atoms with E-state index < -0.39 is 0 Å². The van der Waals surface area contributed by atoms with E-state index in [0.29, 0.717) is 5.39 Å². The van der Waals surface area contributed by atoms with Crippen molar-refractivity contribution in [1.29, 1.82) is 0 Å². The molecule has 0 aliphatic carbocycles. The number of aryl methyl sites for hydroxylation is 1. The zero-order valence-corrected chi connectivity index (χ0v) is 14.2. The summed E-state index contributed by atoms with van der Waals surface area (Å²) in [5.41, 5.74) is 2.37. The number of benzene rings is 1. The number of hydrogen-bond donors (Lipinski definition) is 0. The van der Waals surface area contributed by atoms with Crippen molar-refractivity contribution in [3.63, 3.8) is 0 Å². The lowest BCUT2D eigenvalue weighted by Gasteiger charge is -2.16. The zero-order chi connectivity index (χ0) is 17.2. The van der Waals surface area contributed by atoms with E-state index in [0.717, 1.165) is 48.3 Å². The van der Waals surface area contributed by atoms with Crippen molar-refractivity contribution in [2.24, 2.45) is 0 Å². The molecule has 4 nitrogen and oxygen atoms in total. The number of rotatable bonds is 0. The molecule has 0 fully saturated rings. The third-order valence-corrected chi connectivity index (χ3v) is 4.69. The molecule has 0 radical (unpaired) electrons. The summed E-state index contributed by atoms with van der Waals surface area (Å²) in [7, 11) is 0. The monoisotopic (exact) mass is 329 g/mol. The molecular formula is C21H19N3O. The Bertz CT molecular complexity index is 1040. The van der Waals surface area contributed by atoms with Gasteiger partial charge in [0, 0.05) is 24.2 Å². The van der Waals surface area contributed by atoms with Gasteiger partial charge in [-0.3, -0.25) is 9.36 Å². The van der Waals surface area contributed by atoms with Gasteiger partial charge in [-0.2, -0.15) is 0 Å². The van der Waals surface area contributed by atoms with Crippen LogP contribution in [-0.4, -0.2) is 14.5 Å². The normalized spacial score (nSPS) is 16.6. The molecule has 0 unspecified atom stereocenters. The van der Waals surface area contributed by atoms with E-state index in [9.17, 15) is 4.79 Å². The minimum Gasteiger partial charge on any atom is -0.293 e. The first-order valence-electron chi connectivity index (χ1n) is 8.70. The highest BCUT2D eigenvalue weighted by atomic mass is 16.1. The maximum Gasteiger partial charge on any atom is 0.261 e. The van der Waals surface area contributed by atoms with Gasteiger partial charge < -0.3 is 0 Å². The van der Waals surface area contributed by atoms with Crippen LogP contribution in [0.5, 0.6) is 0 Å². The third kappa shape index (κ3) is 3.06. The molecule has 124 valence electrons. The highest BCUT2D eigenvalue weighted by molar-refractivity contribution is 5.79. The zero-order valence-electron chi connectivity index (χ0n) is 14.2. The van der Waals surface area contributed by atoms with Crippen LogP contribution in [-0.2, 0) is 6.42 Å². The molecule has 1 aromatic carbocycles. The molecule has 0 bridgehead atoms. The predicted octanol–water partition coefficient (Wildman–Crippen LogP) is 3.48. The smallest absolute Gasteiger partial charge is 0.261 e. The Hall–Kier alpha value is -2.93. The second-order valence-electron chi connectivity index (χ2n) is 6.49. The molecule has 1 aliphatic rings. The lowest BCUT2D eigenvalue weighted by molar-refractivity contribution is 0.487. The first-order valence-corrected chi connectivity index (χ1v) is 8.70. The van der Waals surface area contributed by atoms with Gasteiger partial charge in [0.25, 0.3) is 5.56 Å². The van der Waals surface area contributed by atoms with Crippen LogP contribution in [0.1, 0.15) is 49.3 Å². The van der Waals surface area contributed by atoms with Crippen molar-refractivity contribution >= 4 is 10.9 Å². The SMILES string of the molecule is C[C@H]1CCCCc2nc3cc(C#Cc4ccccn4)ccc3c(=O)n21. The van der Waals surface area contributed by atoms with Gasteiger partial charge in [-0.25, -0.2) is 9.97 Å². The van der Waals surface area contributed by atoms with E-state index >= 15 is 0 Å². The fourth-order valence-electron chi connectivity index (χ4n) is 3.38. The van der Waals surface area contributed by atoms with Crippen LogP contribution in [0.3, 0.4) is 0 Å². The van der Waals surface area contributed by atoms with Crippen molar-refractivity contribution in [3.05, 3.63) is 70.0 Å². The maximum absolute atomic E-state index is 12.9. The standard InChI is InChI=1S/C21H19N3O/c1-15-6-2-3-8-20-23-19-14-16(9-11-17-7-4-5-13-22-17)10-12-18(19)21(25)24(15)20/h4-5,7,10,12-15H,2-3,6,8H2,1H3/t15-/m0/s1. The molecule has 25 heavy (non-hydrogen) atoms. The molecule has 0 spiro atoms. The average Bonchev–Trinajstić information content (AvgIpc) is 2.82. The van der Waals surface area contributed by atoms with Gasteiger partial charge in [0.15, 0.2) is 0 Å². The van der Waals surface area contributed by atoms with Gasteiger partial charge in [0.1, 0.15) is 11.5 Å². The number of fused-ring (bicyclic) bond motifs is 2. The summed E-state index contributed by atoms with van der Waals surface area (Å²) in [6, 6.07) is 11.5. The Labute approximate surface area is 146 Å². The molecule has 0 amide bonds. The van der Waals surface area contributed by atoms with Gasteiger partial charge in [-0.1, -0.05) is 18.4 Å². The Kier molecular flexibility index (Phi) is 4.07. The largest absolute Gasteiger partial charge is 0.293 e. The van der Waals surface area contributed by atoms with Crippen LogP contribution in [0.4, 0.5) is 0 Å². The van der Waals surface area contributed by atoms with Gasteiger partial charge in [-0.15, -0.1) is 0 Å². The molecule has 0 N–H and O–H groups in total. The second kappa shape index (κ2) is 6.52. The molecule has 3 aromatic rings. The van der Waals surface area contributed by atoms with E-state index in [-0.39, 0.29) is 11.6 Å². The van der Waals surface area contributed by atoms with Crippen molar-refractivity contribution in [1.82, 2.24) is 14.5 Å². The molecule has 1 aliphatic heterocycles. The quantitative estimate of drug-likeness (QED) is 0.593. The van der Waals surface area contributed by atoms with Crippen LogP contribution in [0.2, 0.25) is 0 Å². The van der Waals surface area contributed by atoms with E-state index in [1.54, 1.807) is 6.20 Å². The van der Waals surface area contributed by atoms with Gasteiger partial charge >= 0.3 is 0 Å². The molecule has 4 rings (SSSR count). The number of pyridine rings is 1. The van der Waals surface area contributed by atoms with Crippen molar-refractivity contribution in [2.45, 2.75) is 38.6 Å². The Balaban J connectivity index is 1.81. The fourth-order valence-corrected chi connectivity index (χ4v) is 3.38. The molecular weight excluding hydrogens is 310 g/mol. The minimum absolute atomic E-state index is 0.0682. The highest BCUT2D eigenvalue weighted by Crippen LogP contribution is 2.22. The van der Waals surface area contributed by atoms with Crippen LogP contribution >= 0.6 is 0 Å². The Morgan fingerprint density at radius 1 is 1.16 bits per heavy atom. The van der Waals surface area contributed by atoms with Crippen LogP contribution in [0, 0.1) is 11.8 Å². The maximum atomic E-state index is 12.9. The molecule has 0 saturated heterocycles. The third-order valence-electron chi connectivity index (χ3n) is 4.69. The summed E-state index contributed by atoms with van der Waals surface area (Å²) < 4.78 is 1.88. The van der Waals surface area contributed by atoms with E-state index in [1.807, 2.05) is 41.0 Å². The van der Waals surface area contributed by atoms with Gasteiger partial charge in [-0.05, 0) is 56.0 Å². The first kappa shape index (κ1) is 15.6. The molecule has 1 atom stereocenters. The Morgan fingerprint density at radius 3 is 2.92 bits per heavy atom. The average molecular weight is 329 g/mol. The number of hydrogen-bond acceptors (Lipinski definition) is 3. The van der Waals surface area contributed by atoms with Crippen LogP contribution < -0.4 is 5.56 Å². The fraction of sp³-hybridized carbons (Fsp3) is 0.286. The second-order valence-corrected chi connectivity index (χ2v) is 6.49. The molecule has 2 aromatic heterocycles. The van der Waals surface area contributed by atoms with Gasteiger partial charge in [0.2, 0.25) is 0 Å². The lowest BCUT2D eigenvalue weighted by Crippen LogP contribution is -2.27. The molecule has 3 heterocycles. The van der Waals surface area contributed by atoms with Crippen LogP contribution in [0.25, 0.3) is 10.9 Å². The lowest BCUT2D eigenvalue weighted by atomic mass is 10.1. The molecule has 4 heteroatoms. The number of nitrogens with zero attached hydrogens (tertiary/aromatic N) is 3. The van der Waals surface area contributed by atoms with E-state index in [2.05, 4.69) is 23.7 Å². The summed E-state index contributed by atoms with van der Waals surface area (Å²) in [6.07, 6.45) is 5.85. The predicted molar refractivity (Wildman–Crippen MR) is 98.5 cm³/mol. The number of aromatic nitrogens is 3. The minimum atomic E-state index is 0.0682. The van der Waals surface area contributed by atoms with Gasteiger partial charge in [0.05, 0.1) is 10.9 Å². The molecule has 0 saturated carbocycles. The summed E-state index contributed by atoms with van der Waals surface area (Å²) in [4.78, 5) is 21.9. The van der Waals surface area contributed by atoms with Crippen molar-refractivity contribution in [3.8, 4) is 11.8 Å². The Morgan fingerprint density at radius 2 is 2.08 bits per heavy atom. The summed E-state index contributed by atoms with van der Waals surface area (Å²) in [5.74, 6) is 7.06. The van der Waals surface area contributed by atoms with Crippen LogP contribution in [0.15, 0.2) is 47.4 Å². The van der Waals surface area contributed by atoms with Crippen molar-refractivity contribution < 1.29 is 0 Å². The van der Waals surface area contributed by atoms with Crippen molar-refractivity contribution in [2.75, 3.05) is 0 Å². The van der Waals surface area contributed by atoms with E-state index in [1.165, 1.54) is 0 Å².